The van der Waals surface area contributed by atoms with Gasteiger partial charge < -0.3 is 0 Å². The van der Waals surface area contributed by atoms with E-state index in [9.17, 15) is 8.78 Å². The smallest absolute Gasteiger partial charge is 0.185 e. The minimum absolute atomic E-state index is 0.0666. The molecule has 0 unspecified atom stereocenters. The summed E-state index contributed by atoms with van der Waals surface area (Å²) in [6.07, 6.45) is 0. The minimum atomic E-state index is -0.896. The van der Waals surface area contributed by atoms with Crippen molar-refractivity contribution in [3.05, 3.63) is 40.0 Å². The summed E-state index contributed by atoms with van der Waals surface area (Å²) in [6, 6.07) is 4.41. The Morgan fingerprint density at radius 1 is 1.29 bits per heavy atom. The second-order valence-electron chi connectivity index (χ2n) is 3.02. The highest BCUT2D eigenvalue weighted by molar-refractivity contribution is 9.10. The SMILES string of the molecule is Cc1cc(Br)nc2c(F)c(F)ccc12. The lowest BCUT2D eigenvalue weighted by Gasteiger charge is -2.03. The van der Waals surface area contributed by atoms with E-state index < -0.39 is 11.6 Å². The van der Waals surface area contributed by atoms with Gasteiger partial charge in [0.2, 0.25) is 0 Å². The van der Waals surface area contributed by atoms with E-state index in [4.69, 9.17) is 0 Å². The summed E-state index contributed by atoms with van der Waals surface area (Å²) >= 11 is 3.14. The van der Waals surface area contributed by atoms with Gasteiger partial charge in [-0.1, -0.05) is 0 Å². The highest BCUT2D eigenvalue weighted by Gasteiger charge is 2.10. The van der Waals surface area contributed by atoms with Crippen molar-refractivity contribution in [2.45, 2.75) is 6.92 Å². The third kappa shape index (κ3) is 1.39. The predicted molar refractivity (Wildman–Crippen MR) is 54.1 cm³/mol. The standard InChI is InChI=1S/C10H6BrF2N/c1-5-4-8(11)14-10-6(5)2-3-7(12)9(10)13/h2-4H,1H3. The Morgan fingerprint density at radius 3 is 2.71 bits per heavy atom. The van der Waals surface area contributed by atoms with Crippen LogP contribution in [-0.2, 0) is 0 Å². The number of pyridine rings is 1. The Balaban J connectivity index is 2.95. The number of fused-ring (bicyclic) bond motifs is 1. The molecule has 0 radical (unpaired) electrons. The summed E-state index contributed by atoms with van der Waals surface area (Å²) in [4.78, 5) is 3.90. The van der Waals surface area contributed by atoms with E-state index in [2.05, 4.69) is 20.9 Å². The van der Waals surface area contributed by atoms with Crippen LogP contribution >= 0.6 is 15.9 Å². The van der Waals surface area contributed by atoms with E-state index >= 15 is 0 Å². The second-order valence-corrected chi connectivity index (χ2v) is 3.83. The zero-order valence-corrected chi connectivity index (χ0v) is 8.90. The Hall–Kier alpha value is -1.03. The second kappa shape index (κ2) is 3.28. The number of rotatable bonds is 0. The number of aryl methyl sites for hydroxylation is 1. The molecule has 2 aromatic rings. The van der Waals surface area contributed by atoms with Gasteiger partial charge in [-0.2, -0.15) is 0 Å². The van der Waals surface area contributed by atoms with Gasteiger partial charge >= 0.3 is 0 Å². The summed E-state index contributed by atoms with van der Waals surface area (Å²) in [5.41, 5.74) is 0.928. The quantitative estimate of drug-likeness (QED) is 0.658. The van der Waals surface area contributed by atoms with Crippen LogP contribution in [0, 0.1) is 18.6 Å². The maximum absolute atomic E-state index is 13.3. The first-order valence-corrected chi connectivity index (χ1v) is 4.80. The van der Waals surface area contributed by atoms with Crippen molar-refractivity contribution < 1.29 is 8.78 Å². The fourth-order valence-electron chi connectivity index (χ4n) is 1.36. The van der Waals surface area contributed by atoms with Gasteiger partial charge in [-0.3, -0.25) is 0 Å². The molecule has 1 heterocycles. The molecule has 0 aliphatic rings. The first kappa shape index (κ1) is 9.52. The van der Waals surface area contributed by atoms with Gasteiger partial charge in [-0.15, -0.1) is 0 Å². The van der Waals surface area contributed by atoms with Crippen LogP contribution in [0.25, 0.3) is 10.9 Å². The van der Waals surface area contributed by atoms with Crippen molar-refractivity contribution in [2.75, 3.05) is 0 Å². The number of benzene rings is 1. The summed E-state index contributed by atoms with van der Waals surface area (Å²) in [5, 5.41) is 0.632. The lowest BCUT2D eigenvalue weighted by molar-refractivity contribution is 0.515. The maximum atomic E-state index is 13.3. The summed E-state index contributed by atoms with van der Waals surface area (Å²) in [5.74, 6) is -1.77. The summed E-state index contributed by atoms with van der Waals surface area (Å²) < 4.78 is 26.7. The number of hydrogen-bond acceptors (Lipinski definition) is 1. The summed E-state index contributed by atoms with van der Waals surface area (Å²) in [6.45, 7) is 1.83. The van der Waals surface area contributed by atoms with Crippen LogP contribution in [0.2, 0.25) is 0 Å². The van der Waals surface area contributed by atoms with Crippen molar-refractivity contribution in [1.82, 2.24) is 4.98 Å². The molecule has 1 aromatic carbocycles. The first-order valence-electron chi connectivity index (χ1n) is 4.00. The molecule has 0 fully saturated rings. The molecule has 72 valence electrons. The fourth-order valence-corrected chi connectivity index (χ4v) is 1.88. The van der Waals surface area contributed by atoms with Gasteiger partial charge in [0, 0.05) is 5.39 Å². The van der Waals surface area contributed by atoms with Crippen molar-refractivity contribution in [1.29, 1.82) is 0 Å². The topological polar surface area (TPSA) is 12.9 Å². The van der Waals surface area contributed by atoms with Gasteiger partial charge in [-0.05, 0) is 46.6 Å². The zero-order valence-electron chi connectivity index (χ0n) is 7.31. The number of aromatic nitrogens is 1. The van der Waals surface area contributed by atoms with Crippen LogP contribution in [0.15, 0.2) is 22.8 Å². The molecule has 0 saturated carbocycles. The Morgan fingerprint density at radius 2 is 2.00 bits per heavy atom. The first-order chi connectivity index (χ1) is 6.59. The molecule has 0 bridgehead atoms. The van der Waals surface area contributed by atoms with Gasteiger partial charge in [0.25, 0.3) is 0 Å². The molecule has 0 spiro atoms. The molecule has 0 amide bonds. The molecule has 0 N–H and O–H groups in total. The average molecular weight is 258 g/mol. The van der Waals surface area contributed by atoms with Crippen LogP contribution in [0.1, 0.15) is 5.56 Å². The number of halogens is 3. The van der Waals surface area contributed by atoms with Crippen LogP contribution in [0.5, 0.6) is 0 Å². The van der Waals surface area contributed by atoms with Crippen LogP contribution in [0.3, 0.4) is 0 Å². The van der Waals surface area contributed by atoms with E-state index in [0.717, 1.165) is 11.6 Å². The predicted octanol–water partition coefficient (Wildman–Crippen LogP) is 3.58. The third-order valence-electron chi connectivity index (χ3n) is 2.05. The lowest BCUT2D eigenvalue weighted by atomic mass is 10.1. The van der Waals surface area contributed by atoms with Gasteiger partial charge in [0.1, 0.15) is 10.1 Å². The van der Waals surface area contributed by atoms with Gasteiger partial charge in [0.05, 0.1) is 0 Å². The third-order valence-corrected chi connectivity index (χ3v) is 2.45. The van der Waals surface area contributed by atoms with Crippen LogP contribution < -0.4 is 0 Å². The van der Waals surface area contributed by atoms with Crippen LogP contribution in [0.4, 0.5) is 8.78 Å². The molecule has 1 nitrogen and oxygen atoms in total. The van der Waals surface area contributed by atoms with E-state index in [0.29, 0.717) is 9.99 Å². The van der Waals surface area contributed by atoms with Crippen molar-refractivity contribution in [3.8, 4) is 0 Å². The zero-order chi connectivity index (χ0) is 10.3. The van der Waals surface area contributed by atoms with Gasteiger partial charge in [-0.25, -0.2) is 13.8 Å². The Labute approximate surface area is 87.9 Å². The molecule has 14 heavy (non-hydrogen) atoms. The van der Waals surface area contributed by atoms with E-state index in [-0.39, 0.29) is 5.52 Å². The normalized spacial score (nSPS) is 10.9. The molecule has 0 aliphatic carbocycles. The van der Waals surface area contributed by atoms with Crippen LogP contribution in [-0.4, -0.2) is 4.98 Å². The lowest BCUT2D eigenvalue weighted by Crippen LogP contribution is -1.91. The molecule has 0 aliphatic heterocycles. The molecule has 0 saturated heterocycles. The number of nitrogens with zero attached hydrogens (tertiary/aromatic N) is 1. The monoisotopic (exact) mass is 257 g/mol. The minimum Gasteiger partial charge on any atom is -0.238 e. The number of hydrogen-bond donors (Lipinski definition) is 0. The maximum Gasteiger partial charge on any atom is 0.185 e. The molecule has 2 rings (SSSR count). The highest BCUT2D eigenvalue weighted by atomic mass is 79.9. The highest BCUT2D eigenvalue weighted by Crippen LogP contribution is 2.24. The van der Waals surface area contributed by atoms with E-state index in [1.54, 1.807) is 6.07 Å². The van der Waals surface area contributed by atoms with Crippen molar-refractivity contribution in [2.24, 2.45) is 0 Å². The van der Waals surface area contributed by atoms with Crippen molar-refractivity contribution >= 4 is 26.8 Å². The summed E-state index contributed by atoms with van der Waals surface area (Å²) in [7, 11) is 0. The molecule has 1 aromatic heterocycles. The Kier molecular flexibility index (Phi) is 2.23. The van der Waals surface area contributed by atoms with Crippen molar-refractivity contribution in [3.63, 3.8) is 0 Å². The largest absolute Gasteiger partial charge is 0.238 e. The Bertz CT molecular complexity index is 511. The molecular weight excluding hydrogens is 252 g/mol. The van der Waals surface area contributed by atoms with Gasteiger partial charge in [0.15, 0.2) is 11.6 Å². The molecule has 0 atom stereocenters. The average Bonchev–Trinajstić information content (AvgIpc) is 2.12. The van der Waals surface area contributed by atoms with E-state index in [1.165, 1.54) is 6.07 Å². The van der Waals surface area contributed by atoms with E-state index in [1.807, 2.05) is 6.92 Å². The molecular formula is C10H6BrF2N. The molecule has 4 heteroatoms. The fraction of sp³-hybridized carbons (Fsp3) is 0.100.